The van der Waals surface area contributed by atoms with Crippen LogP contribution in [0.5, 0.6) is 0 Å². The van der Waals surface area contributed by atoms with Crippen LogP contribution >= 0.6 is 35.6 Å². The molecule has 1 aromatic rings. The zero-order chi connectivity index (χ0) is 14.4. The van der Waals surface area contributed by atoms with Gasteiger partial charge in [-0.3, -0.25) is 9.59 Å². The van der Waals surface area contributed by atoms with Gasteiger partial charge in [0, 0.05) is 13.6 Å². The van der Waals surface area contributed by atoms with E-state index in [1.165, 1.54) is 4.90 Å². The number of halogens is 3. The van der Waals surface area contributed by atoms with Crippen LogP contribution in [0.25, 0.3) is 0 Å². The molecule has 0 unspecified atom stereocenters. The van der Waals surface area contributed by atoms with Crippen LogP contribution in [0, 0.1) is 0 Å². The van der Waals surface area contributed by atoms with Gasteiger partial charge in [-0.25, -0.2) is 0 Å². The number of amides is 2. The Hall–Kier alpha value is -1.01. The molecule has 1 rings (SSSR count). The van der Waals surface area contributed by atoms with Crippen LogP contribution in [0.1, 0.15) is 5.56 Å². The molecule has 5 nitrogen and oxygen atoms in total. The number of nitrogens with zero attached hydrogens (tertiary/aromatic N) is 1. The molecule has 20 heavy (non-hydrogen) atoms. The van der Waals surface area contributed by atoms with Crippen LogP contribution in [0.15, 0.2) is 18.2 Å². The zero-order valence-corrected chi connectivity index (χ0v) is 13.2. The summed E-state index contributed by atoms with van der Waals surface area (Å²) < 4.78 is 0. The van der Waals surface area contributed by atoms with Gasteiger partial charge in [0.1, 0.15) is 0 Å². The summed E-state index contributed by atoms with van der Waals surface area (Å²) >= 11 is 11.7. The van der Waals surface area contributed by atoms with Crippen LogP contribution in [-0.2, 0) is 16.1 Å². The third-order valence-corrected chi connectivity index (χ3v) is 3.19. The van der Waals surface area contributed by atoms with Crippen molar-refractivity contribution in [2.24, 2.45) is 5.73 Å². The molecular formula is C12H16Cl3N3O2. The fourth-order valence-electron chi connectivity index (χ4n) is 1.38. The number of likely N-dealkylation sites (N-methyl/N-ethyl adjacent to an activating group) is 1. The number of hydrogen-bond donors (Lipinski definition) is 2. The minimum absolute atomic E-state index is 0. The first-order chi connectivity index (χ1) is 8.93. The Kier molecular flexibility index (Phi) is 8.57. The smallest absolute Gasteiger partial charge is 0.242 e. The lowest BCUT2D eigenvalue weighted by Crippen LogP contribution is -2.40. The number of carbonyl (C=O) groups excluding carboxylic acids is 2. The summed E-state index contributed by atoms with van der Waals surface area (Å²) in [6.07, 6.45) is 0. The van der Waals surface area contributed by atoms with E-state index in [4.69, 9.17) is 28.9 Å². The number of carbonyl (C=O) groups is 2. The van der Waals surface area contributed by atoms with Gasteiger partial charge in [-0.1, -0.05) is 29.3 Å². The number of nitrogens with two attached hydrogens (primary N) is 1. The van der Waals surface area contributed by atoms with Gasteiger partial charge in [-0.05, 0) is 17.7 Å². The van der Waals surface area contributed by atoms with E-state index in [2.05, 4.69) is 5.32 Å². The average molecular weight is 341 g/mol. The maximum absolute atomic E-state index is 11.7. The normalized spacial score (nSPS) is 9.60. The van der Waals surface area contributed by atoms with E-state index < -0.39 is 0 Å². The van der Waals surface area contributed by atoms with Crippen LogP contribution < -0.4 is 11.1 Å². The van der Waals surface area contributed by atoms with Gasteiger partial charge >= 0.3 is 0 Å². The highest BCUT2D eigenvalue weighted by molar-refractivity contribution is 6.42. The van der Waals surface area contributed by atoms with E-state index in [1.807, 2.05) is 0 Å². The molecule has 0 saturated heterocycles. The Morgan fingerprint density at radius 1 is 1.30 bits per heavy atom. The largest absolute Gasteiger partial charge is 0.346 e. The molecule has 2 amide bonds. The standard InChI is InChI=1S/C12H15Cl2N3O2.ClH/c1-17(12(19)6-16-11(18)5-15)7-8-2-3-9(13)10(14)4-8;/h2-4H,5-7,15H2,1H3,(H,16,18);1H. The lowest BCUT2D eigenvalue weighted by molar-refractivity contribution is -0.131. The van der Waals surface area contributed by atoms with Crippen molar-refractivity contribution >= 4 is 47.4 Å². The van der Waals surface area contributed by atoms with Crippen LogP contribution in [0.4, 0.5) is 0 Å². The third kappa shape index (κ3) is 5.96. The van der Waals surface area contributed by atoms with Gasteiger partial charge in [0.2, 0.25) is 11.8 Å². The third-order valence-electron chi connectivity index (χ3n) is 2.45. The summed E-state index contributed by atoms with van der Waals surface area (Å²) in [6.45, 7) is 0.172. The Balaban J connectivity index is 0.00000361. The summed E-state index contributed by atoms with van der Waals surface area (Å²) in [5.74, 6) is -0.579. The molecule has 0 aliphatic rings. The van der Waals surface area contributed by atoms with E-state index >= 15 is 0 Å². The zero-order valence-electron chi connectivity index (χ0n) is 10.9. The van der Waals surface area contributed by atoms with Crippen molar-refractivity contribution in [2.45, 2.75) is 6.54 Å². The molecule has 112 valence electrons. The molecule has 0 aliphatic heterocycles. The predicted octanol–water partition coefficient (Wildman–Crippen LogP) is 1.45. The second-order valence-corrected chi connectivity index (χ2v) is 4.79. The molecule has 0 fully saturated rings. The topological polar surface area (TPSA) is 75.4 Å². The van der Waals surface area contributed by atoms with Crippen molar-refractivity contribution in [3.05, 3.63) is 33.8 Å². The molecular weight excluding hydrogens is 325 g/mol. The summed E-state index contributed by atoms with van der Waals surface area (Å²) in [4.78, 5) is 24.2. The Bertz CT molecular complexity index is 483. The summed E-state index contributed by atoms with van der Waals surface area (Å²) in [5, 5.41) is 3.33. The van der Waals surface area contributed by atoms with E-state index in [9.17, 15) is 9.59 Å². The highest BCUT2D eigenvalue weighted by Gasteiger charge is 2.11. The molecule has 0 heterocycles. The van der Waals surface area contributed by atoms with Gasteiger partial charge in [0.05, 0.1) is 23.1 Å². The molecule has 0 aromatic heterocycles. The Morgan fingerprint density at radius 3 is 2.50 bits per heavy atom. The first-order valence-electron chi connectivity index (χ1n) is 5.58. The second-order valence-electron chi connectivity index (χ2n) is 3.98. The highest BCUT2D eigenvalue weighted by Crippen LogP contribution is 2.23. The van der Waals surface area contributed by atoms with Crippen molar-refractivity contribution in [2.75, 3.05) is 20.1 Å². The molecule has 1 aromatic carbocycles. The molecule has 0 bridgehead atoms. The van der Waals surface area contributed by atoms with Crippen molar-refractivity contribution in [1.82, 2.24) is 10.2 Å². The SMILES string of the molecule is CN(Cc1ccc(Cl)c(Cl)c1)C(=O)CNC(=O)CN.Cl. The van der Waals surface area contributed by atoms with Crippen LogP contribution in [0.3, 0.4) is 0 Å². The lowest BCUT2D eigenvalue weighted by atomic mass is 10.2. The van der Waals surface area contributed by atoms with Crippen molar-refractivity contribution in [3.8, 4) is 0 Å². The quantitative estimate of drug-likeness (QED) is 0.852. The fraction of sp³-hybridized carbons (Fsp3) is 0.333. The molecule has 3 N–H and O–H groups in total. The van der Waals surface area contributed by atoms with E-state index in [-0.39, 0.29) is 37.3 Å². The van der Waals surface area contributed by atoms with Crippen molar-refractivity contribution < 1.29 is 9.59 Å². The fourth-order valence-corrected chi connectivity index (χ4v) is 1.70. The lowest BCUT2D eigenvalue weighted by Gasteiger charge is -2.17. The molecule has 0 radical (unpaired) electrons. The van der Waals surface area contributed by atoms with E-state index in [0.717, 1.165) is 5.56 Å². The van der Waals surface area contributed by atoms with Crippen LogP contribution in [0.2, 0.25) is 10.0 Å². The van der Waals surface area contributed by atoms with Crippen LogP contribution in [-0.4, -0.2) is 36.9 Å². The minimum atomic E-state index is -0.365. The maximum atomic E-state index is 11.7. The monoisotopic (exact) mass is 339 g/mol. The average Bonchev–Trinajstić information content (AvgIpc) is 2.39. The summed E-state index contributed by atoms with van der Waals surface area (Å²) in [5.41, 5.74) is 5.98. The second kappa shape index (κ2) is 9.02. The number of benzene rings is 1. The number of nitrogens with one attached hydrogen (secondary N) is 1. The Morgan fingerprint density at radius 2 is 1.95 bits per heavy atom. The van der Waals surface area contributed by atoms with Gasteiger partial charge in [0.25, 0.3) is 0 Å². The first kappa shape index (κ1) is 19.0. The highest BCUT2D eigenvalue weighted by atomic mass is 35.5. The van der Waals surface area contributed by atoms with E-state index in [0.29, 0.717) is 16.6 Å². The van der Waals surface area contributed by atoms with Gasteiger partial charge in [-0.2, -0.15) is 0 Å². The van der Waals surface area contributed by atoms with Gasteiger partial charge in [0.15, 0.2) is 0 Å². The summed E-state index contributed by atoms with van der Waals surface area (Å²) in [6, 6.07) is 5.16. The molecule has 0 atom stereocenters. The number of hydrogen-bond acceptors (Lipinski definition) is 3. The predicted molar refractivity (Wildman–Crippen MR) is 82.2 cm³/mol. The number of rotatable bonds is 5. The Labute approximate surface area is 133 Å². The molecule has 0 aliphatic carbocycles. The van der Waals surface area contributed by atoms with Gasteiger partial charge < -0.3 is 16.0 Å². The van der Waals surface area contributed by atoms with Crippen molar-refractivity contribution in [1.29, 1.82) is 0 Å². The molecule has 8 heteroatoms. The molecule has 0 saturated carbocycles. The molecule has 0 spiro atoms. The minimum Gasteiger partial charge on any atom is -0.346 e. The van der Waals surface area contributed by atoms with Gasteiger partial charge in [-0.15, -0.1) is 12.4 Å². The summed E-state index contributed by atoms with van der Waals surface area (Å²) in [7, 11) is 1.64. The first-order valence-corrected chi connectivity index (χ1v) is 6.34. The maximum Gasteiger partial charge on any atom is 0.242 e. The van der Waals surface area contributed by atoms with E-state index in [1.54, 1.807) is 25.2 Å². The van der Waals surface area contributed by atoms with Crippen molar-refractivity contribution in [3.63, 3.8) is 0 Å².